The zero-order valence-electron chi connectivity index (χ0n) is 54.3. The van der Waals surface area contributed by atoms with Crippen molar-refractivity contribution < 1.29 is 19.1 Å². The quantitative estimate of drug-likeness (QED) is 0.0904. The third-order valence-electron chi connectivity index (χ3n) is 13.7. The highest BCUT2D eigenvalue weighted by atomic mass is 16.5. The van der Waals surface area contributed by atoms with E-state index in [1.165, 1.54) is 57.5 Å². The summed E-state index contributed by atoms with van der Waals surface area (Å²) in [4.78, 5) is 23.6. The molecule has 0 amide bonds. The number of carbonyl (C=O) groups is 2. The summed E-state index contributed by atoms with van der Waals surface area (Å²) in [5, 5.41) is 7.67. The van der Waals surface area contributed by atoms with Crippen LogP contribution < -0.4 is 9.47 Å². The van der Waals surface area contributed by atoms with Gasteiger partial charge >= 0.3 is 11.9 Å². The third kappa shape index (κ3) is 27.1. The Bertz CT molecular complexity index is 2780. The second kappa shape index (κ2) is 44.3. The van der Waals surface area contributed by atoms with E-state index in [0.29, 0.717) is 29.3 Å². The number of esters is 2. The van der Waals surface area contributed by atoms with Gasteiger partial charge in [-0.2, -0.15) is 0 Å². The van der Waals surface area contributed by atoms with Crippen molar-refractivity contribution in [3.63, 3.8) is 0 Å². The number of carbonyl (C=O) groups excluding carboxylic acids is 2. The predicted octanol–water partition coefficient (Wildman–Crippen LogP) is 24.2. The number of fused-ring (bicyclic) bond motifs is 3. The number of ether oxygens (including phenoxy) is 2. The number of rotatable bonds is 12. The molecule has 3 unspecified atom stereocenters. The number of benzene rings is 8. The van der Waals surface area contributed by atoms with Crippen molar-refractivity contribution in [1.29, 1.82) is 0 Å². The molecule has 3 atom stereocenters. The normalized spacial score (nSPS) is 11.1. The van der Waals surface area contributed by atoms with Gasteiger partial charge < -0.3 is 9.47 Å². The van der Waals surface area contributed by atoms with E-state index in [4.69, 9.17) is 9.47 Å². The summed E-state index contributed by atoms with van der Waals surface area (Å²) in [7, 11) is 0. The molecule has 4 heteroatoms. The summed E-state index contributed by atoms with van der Waals surface area (Å²) < 4.78 is 10.7. The summed E-state index contributed by atoms with van der Waals surface area (Å²) >= 11 is 0. The highest BCUT2D eigenvalue weighted by Crippen LogP contribution is 2.29. The standard InChI is InChI=1S/C16H18O2.2C14H16.C12H16O2.C10H14.5C2H6/c1-4-16(2,3)15(17)18-14-10-9-12-7-5-6-8-13(12)11-14;1-3-11(2)13-10-6-8-12-7-4-5-9-14(12)13;1-3-11(2)13-9-8-12-6-4-5-7-14(12)10-13;1-4-12(2,3)11(13)14-10-8-6-5-7-9-10;1-3-9(2)10-7-5-4-6-8-10;5*1-2/h5-11H,4H2,1-3H3;2*4-11H,3H2,1-2H3;5-9H,4H2,1-3H3;4-9H,3H2,1-2H3;5*1-2H3. The smallest absolute Gasteiger partial charge is 0.316 e. The lowest BCUT2D eigenvalue weighted by Crippen LogP contribution is -2.28. The number of hydrogen-bond donors (Lipinski definition) is 0. The molecule has 0 heterocycles. The Morgan fingerprint density at radius 1 is 0.350 bits per heavy atom. The Kier molecular flexibility index (Phi) is 41.8. The summed E-state index contributed by atoms with van der Waals surface area (Å²) in [6.45, 7) is 45.1. The van der Waals surface area contributed by atoms with Crippen molar-refractivity contribution in [3.8, 4) is 11.5 Å². The van der Waals surface area contributed by atoms with Gasteiger partial charge in [0.05, 0.1) is 10.8 Å². The molecule has 0 aliphatic heterocycles. The fourth-order valence-corrected chi connectivity index (χ4v) is 7.17. The van der Waals surface area contributed by atoms with Crippen LogP contribution in [0.3, 0.4) is 0 Å². The van der Waals surface area contributed by atoms with Gasteiger partial charge in [-0.1, -0.05) is 288 Å². The van der Waals surface area contributed by atoms with Crippen molar-refractivity contribution in [2.75, 3.05) is 0 Å². The van der Waals surface area contributed by atoms with Crippen LogP contribution in [-0.2, 0) is 9.59 Å². The minimum absolute atomic E-state index is 0.175. The van der Waals surface area contributed by atoms with Gasteiger partial charge in [0, 0.05) is 0 Å². The lowest BCUT2D eigenvalue weighted by molar-refractivity contribution is -0.144. The summed E-state index contributed by atoms with van der Waals surface area (Å²) in [6, 6.07) is 64.0. The van der Waals surface area contributed by atoms with Crippen molar-refractivity contribution in [1.82, 2.24) is 0 Å². The van der Waals surface area contributed by atoms with Crippen LogP contribution in [0.25, 0.3) is 32.3 Å². The van der Waals surface area contributed by atoms with Crippen LogP contribution in [-0.4, -0.2) is 11.9 Å². The van der Waals surface area contributed by atoms with Crippen molar-refractivity contribution in [2.24, 2.45) is 10.8 Å². The van der Waals surface area contributed by atoms with E-state index in [1.54, 1.807) is 12.1 Å². The molecule has 438 valence electrons. The Morgan fingerprint density at radius 3 is 1.18 bits per heavy atom. The van der Waals surface area contributed by atoms with Gasteiger partial charge in [-0.3, -0.25) is 9.59 Å². The fraction of sp³-hybridized carbons (Fsp3) is 0.421. The third-order valence-corrected chi connectivity index (χ3v) is 13.7. The summed E-state index contributed by atoms with van der Waals surface area (Å²) in [5.74, 6) is 2.90. The van der Waals surface area contributed by atoms with E-state index in [0.717, 1.165) is 23.6 Å². The molecule has 0 fully saturated rings. The van der Waals surface area contributed by atoms with Crippen LogP contribution >= 0.6 is 0 Å². The lowest BCUT2D eigenvalue weighted by Gasteiger charge is -2.20. The molecule has 0 N–H and O–H groups in total. The molecule has 0 saturated heterocycles. The molecular formula is C76H110O4. The van der Waals surface area contributed by atoms with Crippen LogP contribution in [0.15, 0.2) is 188 Å². The van der Waals surface area contributed by atoms with Crippen LogP contribution in [0.1, 0.15) is 219 Å². The second-order valence-electron chi connectivity index (χ2n) is 19.6. The van der Waals surface area contributed by atoms with Crippen molar-refractivity contribution in [3.05, 3.63) is 205 Å². The molecule has 4 nitrogen and oxygen atoms in total. The molecule has 8 rings (SSSR count). The molecule has 8 aromatic rings. The Labute approximate surface area is 490 Å². The van der Waals surface area contributed by atoms with E-state index in [1.807, 2.05) is 171 Å². The van der Waals surface area contributed by atoms with E-state index < -0.39 is 10.8 Å². The fourth-order valence-electron chi connectivity index (χ4n) is 7.17. The van der Waals surface area contributed by atoms with E-state index in [2.05, 4.69) is 157 Å². The zero-order chi connectivity index (χ0) is 61.1. The van der Waals surface area contributed by atoms with Gasteiger partial charge in [0.25, 0.3) is 0 Å². The molecule has 0 bridgehead atoms. The van der Waals surface area contributed by atoms with E-state index in [9.17, 15) is 9.59 Å². The molecule has 0 aliphatic rings. The molecule has 8 aromatic carbocycles. The average Bonchev–Trinajstić information content (AvgIpc) is 3.54. The first-order valence-electron chi connectivity index (χ1n) is 30.6. The first-order chi connectivity index (χ1) is 38.6. The first kappa shape index (κ1) is 75.6. The molecular weight excluding hydrogens is 977 g/mol. The molecule has 0 radical (unpaired) electrons. The summed E-state index contributed by atoms with van der Waals surface area (Å²) in [5.41, 5.74) is 3.53. The Balaban J connectivity index is 0. The average molecular weight is 1090 g/mol. The van der Waals surface area contributed by atoms with Crippen LogP contribution in [0.2, 0.25) is 0 Å². The highest BCUT2D eigenvalue weighted by molar-refractivity contribution is 5.87. The predicted molar refractivity (Wildman–Crippen MR) is 357 cm³/mol. The Hall–Kier alpha value is -6.52. The molecule has 0 spiro atoms. The second-order valence-corrected chi connectivity index (χ2v) is 19.6. The highest BCUT2D eigenvalue weighted by Gasteiger charge is 2.28. The van der Waals surface area contributed by atoms with Crippen LogP contribution in [0, 0.1) is 10.8 Å². The van der Waals surface area contributed by atoms with Gasteiger partial charge in [0.1, 0.15) is 11.5 Å². The minimum Gasteiger partial charge on any atom is -0.426 e. The number of para-hydroxylation sites is 1. The molecule has 0 aromatic heterocycles. The topological polar surface area (TPSA) is 52.6 Å². The van der Waals surface area contributed by atoms with Gasteiger partial charge in [-0.05, 0) is 151 Å². The van der Waals surface area contributed by atoms with Crippen LogP contribution in [0.5, 0.6) is 11.5 Å². The molecule has 0 aliphatic carbocycles. The lowest BCUT2D eigenvalue weighted by atomic mass is 9.91. The monoisotopic (exact) mass is 1090 g/mol. The zero-order valence-corrected chi connectivity index (χ0v) is 54.3. The van der Waals surface area contributed by atoms with Gasteiger partial charge in [-0.15, -0.1) is 0 Å². The first-order valence-corrected chi connectivity index (χ1v) is 30.6. The van der Waals surface area contributed by atoms with Gasteiger partial charge in [-0.25, -0.2) is 0 Å². The van der Waals surface area contributed by atoms with Crippen LogP contribution in [0.4, 0.5) is 0 Å². The number of hydrogen-bond acceptors (Lipinski definition) is 4. The Morgan fingerprint density at radius 2 is 0.713 bits per heavy atom. The maximum absolute atomic E-state index is 12.0. The molecule has 80 heavy (non-hydrogen) atoms. The maximum atomic E-state index is 12.0. The van der Waals surface area contributed by atoms with E-state index >= 15 is 0 Å². The van der Waals surface area contributed by atoms with Gasteiger partial charge in [0.15, 0.2) is 0 Å². The van der Waals surface area contributed by atoms with Crippen molar-refractivity contribution >= 4 is 44.3 Å². The minimum atomic E-state index is -0.439. The maximum Gasteiger partial charge on any atom is 0.316 e. The van der Waals surface area contributed by atoms with E-state index in [-0.39, 0.29) is 11.9 Å². The SMILES string of the molecule is CC.CC.CC.CC.CC.CCC(C)(C)C(=O)Oc1ccc2ccccc2c1.CCC(C)(C)C(=O)Oc1ccccc1.CCC(C)c1ccc2ccccc2c1.CCC(C)c1cccc2ccccc12.CCC(C)c1ccccc1. The summed E-state index contributed by atoms with van der Waals surface area (Å²) in [6.07, 6.45) is 5.18. The van der Waals surface area contributed by atoms with Crippen molar-refractivity contribution in [2.45, 2.75) is 202 Å². The van der Waals surface area contributed by atoms with Gasteiger partial charge in [0.2, 0.25) is 0 Å². The molecule has 0 saturated carbocycles. The largest absolute Gasteiger partial charge is 0.426 e.